The zero-order valence-electron chi connectivity index (χ0n) is 15.7. The second-order valence-electron chi connectivity index (χ2n) is 6.93. The highest BCUT2D eigenvalue weighted by molar-refractivity contribution is 7.99. The van der Waals surface area contributed by atoms with Gasteiger partial charge in [0.2, 0.25) is 5.91 Å². The van der Waals surface area contributed by atoms with E-state index in [-0.39, 0.29) is 18.1 Å². The number of carbonyl (C=O) groups is 1. The molecule has 5 nitrogen and oxygen atoms in total. The van der Waals surface area contributed by atoms with Crippen LogP contribution in [-0.2, 0) is 11.8 Å². The number of alkyl halides is 3. The van der Waals surface area contributed by atoms with Crippen LogP contribution in [0.3, 0.4) is 0 Å². The molecule has 1 saturated carbocycles. The van der Waals surface area contributed by atoms with Crippen molar-refractivity contribution in [2.24, 2.45) is 13.0 Å². The van der Waals surface area contributed by atoms with Crippen molar-refractivity contribution < 1.29 is 18.0 Å². The molecule has 9 heteroatoms. The number of amides is 1. The Hall–Kier alpha value is -2.03. The number of halogens is 3. The lowest BCUT2D eigenvalue weighted by Gasteiger charge is -2.22. The predicted molar refractivity (Wildman–Crippen MR) is 104 cm³/mol. The van der Waals surface area contributed by atoms with E-state index in [1.54, 1.807) is 29.0 Å². The molecule has 2 aromatic heterocycles. The molecule has 2 heterocycles. The molecule has 1 fully saturated rings. The van der Waals surface area contributed by atoms with Crippen molar-refractivity contribution in [1.82, 2.24) is 14.8 Å². The monoisotopic (exact) mass is 412 g/mol. The summed E-state index contributed by atoms with van der Waals surface area (Å²) in [6.07, 6.45) is 0.834. The van der Waals surface area contributed by atoms with Gasteiger partial charge in [0.05, 0.1) is 12.1 Å². The fourth-order valence-corrected chi connectivity index (χ4v) is 3.73. The Kier molecular flexibility index (Phi) is 6.64. The zero-order valence-corrected chi connectivity index (χ0v) is 16.5. The fraction of sp³-hybridized carbons (Fsp3) is 0.526. The molecule has 28 heavy (non-hydrogen) atoms. The second-order valence-corrected chi connectivity index (χ2v) is 8.15. The number of nitrogens with zero attached hydrogens (tertiary/aromatic N) is 4. The van der Waals surface area contributed by atoms with Gasteiger partial charge in [-0.05, 0) is 30.9 Å². The number of thioether (sulfide) groups is 1. The van der Waals surface area contributed by atoms with E-state index in [0.717, 1.165) is 35.9 Å². The minimum absolute atomic E-state index is 0.0176. The first-order valence-electron chi connectivity index (χ1n) is 9.23. The predicted octanol–water partition coefficient (Wildman–Crippen LogP) is 4.30. The molecular formula is C19H23F3N4OS. The van der Waals surface area contributed by atoms with Crippen molar-refractivity contribution >= 4 is 23.5 Å². The first-order chi connectivity index (χ1) is 13.3. The standard InChI is InChI=1S/C19H23F3N4OS/c1-25-17(11-16(24-25)15-3-2-8-23-12-15)26(13-14-4-5-14)18(27)6-9-28-10-7-19(20,21)22/h2-3,8,11-12,14H,4-7,9-10,13H2,1H3. The molecule has 0 saturated heterocycles. The van der Waals surface area contributed by atoms with Crippen LogP contribution >= 0.6 is 11.8 Å². The lowest BCUT2D eigenvalue weighted by Crippen LogP contribution is -2.34. The van der Waals surface area contributed by atoms with Crippen molar-refractivity contribution in [3.05, 3.63) is 30.6 Å². The summed E-state index contributed by atoms with van der Waals surface area (Å²) in [5.74, 6) is 1.47. The molecule has 1 aliphatic carbocycles. The molecular weight excluding hydrogens is 389 g/mol. The van der Waals surface area contributed by atoms with Crippen LogP contribution in [0.2, 0.25) is 0 Å². The molecule has 0 bridgehead atoms. The highest BCUT2D eigenvalue weighted by atomic mass is 32.2. The summed E-state index contributed by atoms with van der Waals surface area (Å²) >= 11 is 1.16. The summed E-state index contributed by atoms with van der Waals surface area (Å²) in [6.45, 7) is 0.623. The van der Waals surface area contributed by atoms with Crippen LogP contribution in [0.4, 0.5) is 19.0 Å². The molecule has 0 atom stereocenters. The van der Waals surface area contributed by atoms with Crippen LogP contribution < -0.4 is 4.90 Å². The largest absolute Gasteiger partial charge is 0.389 e. The van der Waals surface area contributed by atoms with Gasteiger partial charge in [-0.15, -0.1) is 0 Å². The van der Waals surface area contributed by atoms with E-state index in [9.17, 15) is 18.0 Å². The van der Waals surface area contributed by atoms with Gasteiger partial charge in [-0.3, -0.25) is 19.4 Å². The summed E-state index contributed by atoms with van der Waals surface area (Å²) in [4.78, 5) is 18.6. The lowest BCUT2D eigenvalue weighted by atomic mass is 10.2. The van der Waals surface area contributed by atoms with Crippen molar-refractivity contribution in [2.45, 2.75) is 31.9 Å². The Labute approximate surface area is 166 Å². The van der Waals surface area contributed by atoms with Gasteiger partial charge >= 0.3 is 6.18 Å². The first-order valence-corrected chi connectivity index (χ1v) is 10.4. The van der Waals surface area contributed by atoms with Crippen LogP contribution in [-0.4, -0.2) is 44.9 Å². The topological polar surface area (TPSA) is 51.0 Å². The Balaban J connectivity index is 1.65. The number of aryl methyl sites for hydroxylation is 1. The average molecular weight is 412 g/mol. The van der Waals surface area contributed by atoms with Gasteiger partial charge in [0.15, 0.2) is 0 Å². The van der Waals surface area contributed by atoms with Gasteiger partial charge in [0.25, 0.3) is 0 Å². The van der Waals surface area contributed by atoms with Gasteiger partial charge in [-0.1, -0.05) is 0 Å². The molecule has 0 aliphatic heterocycles. The molecule has 1 aliphatic rings. The summed E-state index contributed by atoms with van der Waals surface area (Å²) in [7, 11) is 1.79. The molecule has 3 rings (SSSR count). The Bertz CT molecular complexity index is 790. The van der Waals surface area contributed by atoms with E-state index in [0.29, 0.717) is 24.0 Å². The van der Waals surface area contributed by atoms with E-state index < -0.39 is 12.6 Å². The smallest absolute Gasteiger partial charge is 0.297 e. The molecule has 0 N–H and O–H groups in total. The molecule has 0 unspecified atom stereocenters. The van der Waals surface area contributed by atoms with Crippen LogP contribution in [0.1, 0.15) is 25.7 Å². The van der Waals surface area contributed by atoms with Crippen molar-refractivity contribution in [3.8, 4) is 11.3 Å². The Morgan fingerprint density at radius 2 is 2.14 bits per heavy atom. The fourth-order valence-electron chi connectivity index (χ4n) is 2.83. The van der Waals surface area contributed by atoms with E-state index in [4.69, 9.17) is 0 Å². The normalized spacial score (nSPS) is 14.3. The number of rotatable bonds is 9. The summed E-state index contributed by atoms with van der Waals surface area (Å²) in [6, 6.07) is 5.60. The maximum absolute atomic E-state index is 12.8. The number of hydrogen-bond donors (Lipinski definition) is 0. The Morgan fingerprint density at radius 3 is 2.79 bits per heavy atom. The SMILES string of the molecule is Cn1nc(-c2cccnc2)cc1N(CC1CC1)C(=O)CCSCCC(F)(F)F. The third-order valence-electron chi connectivity index (χ3n) is 4.52. The van der Waals surface area contributed by atoms with Gasteiger partial charge in [-0.2, -0.15) is 30.0 Å². The summed E-state index contributed by atoms with van der Waals surface area (Å²) < 4.78 is 38.4. The molecule has 0 radical (unpaired) electrons. The first kappa shape index (κ1) is 20.7. The number of anilines is 1. The van der Waals surface area contributed by atoms with Crippen LogP contribution in [0, 0.1) is 5.92 Å². The van der Waals surface area contributed by atoms with Gasteiger partial charge < -0.3 is 0 Å². The van der Waals surface area contributed by atoms with Crippen LogP contribution in [0.25, 0.3) is 11.3 Å². The van der Waals surface area contributed by atoms with E-state index in [2.05, 4.69) is 10.1 Å². The van der Waals surface area contributed by atoms with Crippen molar-refractivity contribution in [1.29, 1.82) is 0 Å². The second kappa shape index (κ2) is 8.98. The number of carbonyl (C=O) groups excluding carboxylic acids is 1. The molecule has 1 amide bonds. The lowest BCUT2D eigenvalue weighted by molar-refractivity contribution is -0.129. The average Bonchev–Trinajstić information content (AvgIpc) is 3.39. The van der Waals surface area contributed by atoms with E-state index in [1.165, 1.54) is 0 Å². The van der Waals surface area contributed by atoms with E-state index in [1.807, 2.05) is 18.2 Å². The minimum Gasteiger partial charge on any atom is -0.297 e. The third-order valence-corrected chi connectivity index (χ3v) is 5.50. The summed E-state index contributed by atoms with van der Waals surface area (Å²) in [5, 5.41) is 4.50. The van der Waals surface area contributed by atoms with E-state index >= 15 is 0 Å². The number of hydrogen-bond acceptors (Lipinski definition) is 4. The van der Waals surface area contributed by atoms with Crippen LogP contribution in [0.5, 0.6) is 0 Å². The zero-order chi connectivity index (χ0) is 20.1. The summed E-state index contributed by atoms with van der Waals surface area (Å²) in [5.41, 5.74) is 1.60. The molecule has 152 valence electrons. The van der Waals surface area contributed by atoms with Crippen LogP contribution in [0.15, 0.2) is 30.6 Å². The molecule has 0 spiro atoms. The highest BCUT2D eigenvalue weighted by Crippen LogP contribution is 2.33. The quantitative estimate of drug-likeness (QED) is 0.576. The highest BCUT2D eigenvalue weighted by Gasteiger charge is 2.30. The minimum atomic E-state index is -4.15. The molecule has 2 aromatic rings. The maximum Gasteiger partial charge on any atom is 0.389 e. The maximum atomic E-state index is 12.8. The number of pyridine rings is 1. The molecule has 0 aromatic carbocycles. The van der Waals surface area contributed by atoms with Crippen molar-refractivity contribution in [3.63, 3.8) is 0 Å². The van der Waals surface area contributed by atoms with Gasteiger partial charge in [0.1, 0.15) is 5.82 Å². The third kappa shape index (κ3) is 5.98. The van der Waals surface area contributed by atoms with Gasteiger partial charge in [-0.25, -0.2) is 0 Å². The number of aromatic nitrogens is 3. The van der Waals surface area contributed by atoms with Crippen molar-refractivity contribution in [2.75, 3.05) is 23.0 Å². The Morgan fingerprint density at radius 1 is 1.36 bits per heavy atom. The van der Waals surface area contributed by atoms with Gasteiger partial charge in [0, 0.05) is 55.5 Å².